The Hall–Kier alpha value is -2.69. The molecule has 96 valence electrons. The van der Waals surface area contributed by atoms with Crippen molar-refractivity contribution < 1.29 is 19.1 Å². The number of hydrogen-bond acceptors (Lipinski definition) is 5. The highest BCUT2D eigenvalue weighted by Crippen LogP contribution is 2.08. The smallest absolute Gasteiger partial charge is 0.364 e. The molecule has 0 N–H and O–H groups in total. The number of pyridine rings is 1. The molecule has 0 aliphatic rings. The van der Waals surface area contributed by atoms with E-state index in [1.165, 1.54) is 12.3 Å². The lowest BCUT2D eigenvalue weighted by molar-refractivity contribution is -0.140. The largest absolute Gasteiger partial charge is 0.482 e. The zero-order chi connectivity index (χ0) is 13.5. The normalized spacial score (nSPS) is 9.68. The van der Waals surface area contributed by atoms with E-state index in [4.69, 9.17) is 4.74 Å². The van der Waals surface area contributed by atoms with E-state index in [-0.39, 0.29) is 12.3 Å². The molecule has 1 aromatic heterocycles. The van der Waals surface area contributed by atoms with E-state index < -0.39 is 11.9 Å². The molecule has 0 saturated heterocycles. The van der Waals surface area contributed by atoms with Crippen molar-refractivity contribution in [2.24, 2.45) is 0 Å². The van der Waals surface area contributed by atoms with E-state index in [1.54, 1.807) is 36.4 Å². The van der Waals surface area contributed by atoms with Crippen molar-refractivity contribution in [3.8, 4) is 5.75 Å². The molecule has 0 unspecified atom stereocenters. The Labute approximate surface area is 109 Å². The topological polar surface area (TPSA) is 65.5 Å². The van der Waals surface area contributed by atoms with Gasteiger partial charge in [-0.15, -0.1) is 0 Å². The summed E-state index contributed by atoms with van der Waals surface area (Å²) in [6.45, 7) is -0.331. The third-order valence-corrected chi connectivity index (χ3v) is 2.18. The van der Waals surface area contributed by atoms with Crippen molar-refractivity contribution in [3.63, 3.8) is 0 Å². The average Bonchev–Trinajstić information content (AvgIpc) is 2.47. The molecule has 19 heavy (non-hydrogen) atoms. The fraction of sp³-hybridized carbons (Fsp3) is 0.0714. The van der Waals surface area contributed by atoms with E-state index in [9.17, 15) is 9.59 Å². The van der Waals surface area contributed by atoms with Crippen LogP contribution in [0, 0.1) is 0 Å². The van der Waals surface area contributed by atoms with Gasteiger partial charge in [0.25, 0.3) is 0 Å². The van der Waals surface area contributed by atoms with Gasteiger partial charge in [0.05, 0.1) is 0 Å². The van der Waals surface area contributed by atoms with Crippen LogP contribution in [0.5, 0.6) is 5.75 Å². The second-order valence-corrected chi connectivity index (χ2v) is 3.58. The zero-order valence-corrected chi connectivity index (χ0v) is 9.98. The molecule has 0 fully saturated rings. The monoisotopic (exact) mass is 257 g/mol. The van der Waals surface area contributed by atoms with Gasteiger partial charge in [0.1, 0.15) is 11.4 Å². The highest BCUT2D eigenvalue weighted by molar-refractivity contribution is 5.95. The number of esters is 2. The van der Waals surface area contributed by atoms with Gasteiger partial charge < -0.3 is 9.47 Å². The Bertz CT molecular complexity index is 554. The first-order chi connectivity index (χ1) is 9.25. The molecule has 0 bridgehead atoms. The van der Waals surface area contributed by atoms with E-state index in [0.717, 1.165) is 0 Å². The van der Waals surface area contributed by atoms with Crippen LogP contribution < -0.4 is 4.74 Å². The molecule has 0 saturated carbocycles. The third kappa shape index (κ3) is 3.92. The summed E-state index contributed by atoms with van der Waals surface area (Å²) in [5.41, 5.74) is 0.0792. The number of ether oxygens (including phenoxy) is 2. The average molecular weight is 257 g/mol. The highest BCUT2D eigenvalue weighted by atomic mass is 16.6. The summed E-state index contributed by atoms with van der Waals surface area (Å²) in [6.07, 6.45) is 1.45. The fourth-order valence-corrected chi connectivity index (χ4v) is 1.33. The summed E-state index contributed by atoms with van der Waals surface area (Å²) in [6, 6.07) is 13.6. The predicted octanol–water partition coefficient (Wildman–Crippen LogP) is 1.84. The van der Waals surface area contributed by atoms with Gasteiger partial charge in [0.2, 0.25) is 0 Å². The maximum atomic E-state index is 11.5. The molecule has 0 amide bonds. The Morgan fingerprint density at radius 1 is 1.00 bits per heavy atom. The number of aromatic nitrogens is 1. The van der Waals surface area contributed by atoms with Crippen molar-refractivity contribution in [2.75, 3.05) is 6.61 Å². The Balaban J connectivity index is 1.83. The summed E-state index contributed by atoms with van der Waals surface area (Å²) >= 11 is 0. The van der Waals surface area contributed by atoms with Gasteiger partial charge in [-0.2, -0.15) is 0 Å². The maximum absolute atomic E-state index is 11.5. The molecule has 0 aliphatic carbocycles. The predicted molar refractivity (Wildman–Crippen MR) is 66.6 cm³/mol. The van der Waals surface area contributed by atoms with Gasteiger partial charge in [-0.25, -0.2) is 14.6 Å². The Morgan fingerprint density at radius 3 is 2.42 bits per heavy atom. The minimum atomic E-state index is -0.790. The molecule has 2 aromatic rings. The summed E-state index contributed by atoms with van der Waals surface area (Å²) in [7, 11) is 0. The summed E-state index contributed by atoms with van der Waals surface area (Å²) in [5, 5.41) is 0. The number of carbonyl (C=O) groups excluding carboxylic acids is 2. The molecule has 0 spiro atoms. The maximum Gasteiger partial charge on any atom is 0.364 e. The highest BCUT2D eigenvalue weighted by Gasteiger charge is 2.14. The van der Waals surface area contributed by atoms with Gasteiger partial charge in [-0.1, -0.05) is 24.3 Å². The first-order valence-corrected chi connectivity index (χ1v) is 5.59. The van der Waals surface area contributed by atoms with Crippen molar-refractivity contribution in [1.29, 1.82) is 0 Å². The lowest BCUT2D eigenvalue weighted by Crippen LogP contribution is -2.19. The van der Waals surface area contributed by atoms with Crippen LogP contribution >= 0.6 is 0 Å². The second kappa shape index (κ2) is 6.30. The van der Waals surface area contributed by atoms with E-state index in [1.807, 2.05) is 6.07 Å². The lowest BCUT2D eigenvalue weighted by Gasteiger charge is -2.05. The molecule has 5 heteroatoms. The van der Waals surface area contributed by atoms with Crippen LogP contribution in [-0.2, 0) is 9.53 Å². The molecular formula is C14H11NO4. The minimum absolute atomic E-state index is 0.0792. The second-order valence-electron chi connectivity index (χ2n) is 3.58. The molecule has 1 aromatic carbocycles. The molecule has 0 atom stereocenters. The summed E-state index contributed by atoms with van der Waals surface area (Å²) in [5.74, 6) is -1.02. The first-order valence-electron chi connectivity index (χ1n) is 5.59. The van der Waals surface area contributed by atoms with Crippen LogP contribution in [0.4, 0.5) is 0 Å². The van der Waals surface area contributed by atoms with Crippen molar-refractivity contribution in [1.82, 2.24) is 4.98 Å². The van der Waals surface area contributed by atoms with Crippen LogP contribution in [-0.4, -0.2) is 23.5 Å². The number of benzene rings is 1. The lowest BCUT2D eigenvalue weighted by atomic mass is 10.3. The van der Waals surface area contributed by atoms with Crippen LogP contribution in [0.15, 0.2) is 54.7 Å². The quantitative estimate of drug-likeness (QED) is 0.617. The van der Waals surface area contributed by atoms with E-state index in [0.29, 0.717) is 5.75 Å². The number of para-hydroxylation sites is 1. The van der Waals surface area contributed by atoms with Gasteiger partial charge in [0, 0.05) is 6.20 Å². The number of hydrogen-bond donors (Lipinski definition) is 0. The van der Waals surface area contributed by atoms with E-state index in [2.05, 4.69) is 9.72 Å². The first kappa shape index (κ1) is 12.8. The molecule has 0 radical (unpaired) electrons. The van der Waals surface area contributed by atoms with Gasteiger partial charge >= 0.3 is 11.9 Å². The minimum Gasteiger partial charge on any atom is -0.482 e. The molecule has 2 rings (SSSR count). The standard InChI is InChI=1S/C14H11NO4/c16-13(10-18-11-6-2-1-3-7-11)19-14(17)12-8-4-5-9-15-12/h1-9H,10H2. The van der Waals surface area contributed by atoms with Crippen molar-refractivity contribution >= 4 is 11.9 Å². The number of nitrogens with zero attached hydrogens (tertiary/aromatic N) is 1. The SMILES string of the molecule is O=C(COc1ccccc1)OC(=O)c1ccccn1. The third-order valence-electron chi connectivity index (χ3n) is 2.18. The Kier molecular flexibility index (Phi) is 4.23. The number of carbonyl (C=O) groups is 2. The Morgan fingerprint density at radius 2 is 1.74 bits per heavy atom. The van der Waals surface area contributed by atoms with Crippen LogP contribution in [0.3, 0.4) is 0 Å². The van der Waals surface area contributed by atoms with Crippen LogP contribution in [0.2, 0.25) is 0 Å². The molecular weight excluding hydrogens is 246 g/mol. The molecule has 1 heterocycles. The van der Waals surface area contributed by atoms with Crippen LogP contribution in [0.1, 0.15) is 10.5 Å². The molecule has 5 nitrogen and oxygen atoms in total. The van der Waals surface area contributed by atoms with Crippen molar-refractivity contribution in [3.05, 3.63) is 60.4 Å². The van der Waals surface area contributed by atoms with E-state index >= 15 is 0 Å². The fourth-order valence-electron chi connectivity index (χ4n) is 1.33. The van der Waals surface area contributed by atoms with Gasteiger partial charge in [-0.3, -0.25) is 0 Å². The zero-order valence-electron chi connectivity index (χ0n) is 9.98. The molecule has 0 aliphatic heterocycles. The summed E-state index contributed by atoms with van der Waals surface area (Å²) in [4.78, 5) is 26.7. The van der Waals surface area contributed by atoms with Crippen molar-refractivity contribution in [2.45, 2.75) is 0 Å². The van der Waals surface area contributed by atoms with Gasteiger partial charge in [-0.05, 0) is 24.3 Å². The summed E-state index contributed by atoms with van der Waals surface area (Å²) < 4.78 is 9.75. The van der Waals surface area contributed by atoms with Gasteiger partial charge in [0.15, 0.2) is 6.61 Å². The number of rotatable bonds is 4. The van der Waals surface area contributed by atoms with Crippen LogP contribution in [0.25, 0.3) is 0 Å².